The Balaban J connectivity index is 1.37. The maximum Gasteiger partial charge on any atom is 0.325 e. The van der Waals surface area contributed by atoms with Gasteiger partial charge in [-0.15, -0.1) is 0 Å². The number of urea groups is 1. The molecule has 180 valence electrons. The summed E-state index contributed by atoms with van der Waals surface area (Å²) in [5.74, 6) is 0.117. The number of hydrogen-bond donors (Lipinski definition) is 1. The predicted octanol–water partition coefficient (Wildman–Crippen LogP) is 3.97. The van der Waals surface area contributed by atoms with Gasteiger partial charge in [-0.2, -0.15) is 5.10 Å². The van der Waals surface area contributed by atoms with Gasteiger partial charge in [0.05, 0.1) is 12.5 Å². The summed E-state index contributed by atoms with van der Waals surface area (Å²) in [5, 5.41) is 8.49. The first kappa shape index (κ1) is 22.6. The lowest BCUT2D eigenvalue weighted by Crippen LogP contribution is -2.43. The van der Waals surface area contributed by atoms with E-state index in [1.807, 2.05) is 24.3 Å². The second-order valence-electron chi connectivity index (χ2n) is 8.89. The van der Waals surface area contributed by atoms with Crippen molar-refractivity contribution in [3.05, 3.63) is 83.7 Å². The molecule has 1 N–H and O–H groups in total. The van der Waals surface area contributed by atoms with E-state index in [0.717, 1.165) is 23.3 Å². The van der Waals surface area contributed by atoms with E-state index in [9.17, 15) is 14.4 Å². The summed E-state index contributed by atoms with van der Waals surface area (Å²) >= 11 is 0. The van der Waals surface area contributed by atoms with E-state index in [1.165, 1.54) is 17.5 Å². The molecule has 1 aromatic carbocycles. The fourth-order valence-electron chi connectivity index (χ4n) is 4.57. The van der Waals surface area contributed by atoms with Gasteiger partial charge in [-0.1, -0.05) is 37.6 Å². The number of carbonyl (C=O) groups is 3. The van der Waals surface area contributed by atoms with Gasteiger partial charge in [0.15, 0.2) is 0 Å². The standard InChI is InChI=1S/C26H26N4O5/c1-3-6-17-9-11-18(12-10-17)26(2)24(32)29(25(33)27-26)16-23(31)30-20(22-8-5-14-35-22)15-19(28-30)21-7-4-13-34-21/h4-5,7-14,20H,3,6,15-16H2,1-2H3,(H,27,33). The van der Waals surface area contributed by atoms with Crippen molar-refractivity contribution in [2.24, 2.45) is 5.10 Å². The van der Waals surface area contributed by atoms with Gasteiger partial charge in [0, 0.05) is 6.42 Å². The van der Waals surface area contributed by atoms with Crippen LogP contribution in [0.15, 0.2) is 75.0 Å². The van der Waals surface area contributed by atoms with Crippen LogP contribution in [-0.2, 0) is 21.5 Å². The molecule has 9 nitrogen and oxygen atoms in total. The molecule has 3 aromatic rings. The first-order valence-corrected chi connectivity index (χ1v) is 11.6. The zero-order valence-corrected chi connectivity index (χ0v) is 19.6. The van der Waals surface area contributed by atoms with Crippen LogP contribution in [-0.4, -0.2) is 40.0 Å². The van der Waals surface area contributed by atoms with Crippen molar-refractivity contribution in [3.63, 3.8) is 0 Å². The van der Waals surface area contributed by atoms with E-state index >= 15 is 0 Å². The second-order valence-corrected chi connectivity index (χ2v) is 8.89. The van der Waals surface area contributed by atoms with Crippen LogP contribution in [0, 0.1) is 0 Å². The van der Waals surface area contributed by atoms with Crippen molar-refractivity contribution in [1.29, 1.82) is 0 Å². The first-order chi connectivity index (χ1) is 16.9. The highest BCUT2D eigenvalue weighted by atomic mass is 16.3. The van der Waals surface area contributed by atoms with Crippen LogP contribution in [0.4, 0.5) is 4.79 Å². The Morgan fingerprint density at radius 1 is 1.11 bits per heavy atom. The Hall–Kier alpha value is -4.14. The van der Waals surface area contributed by atoms with E-state index in [0.29, 0.717) is 29.2 Å². The van der Waals surface area contributed by atoms with Crippen LogP contribution in [0.3, 0.4) is 0 Å². The monoisotopic (exact) mass is 474 g/mol. The molecule has 0 bridgehead atoms. The molecule has 2 atom stereocenters. The Bertz CT molecular complexity index is 1260. The molecule has 9 heteroatoms. The summed E-state index contributed by atoms with van der Waals surface area (Å²) < 4.78 is 11.0. The number of nitrogens with zero attached hydrogens (tertiary/aromatic N) is 3. The van der Waals surface area contributed by atoms with Crippen LogP contribution < -0.4 is 5.32 Å². The third kappa shape index (κ3) is 4.03. The SMILES string of the molecule is CCCc1ccc(C2(C)NC(=O)N(CC(=O)N3N=C(c4ccco4)CC3c3ccco3)C2=O)cc1. The molecule has 2 unspecified atom stereocenters. The Morgan fingerprint density at radius 3 is 2.51 bits per heavy atom. The van der Waals surface area contributed by atoms with Crippen molar-refractivity contribution in [1.82, 2.24) is 15.2 Å². The number of nitrogens with one attached hydrogen (secondary N) is 1. The number of hydrogen-bond acceptors (Lipinski definition) is 6. The molecule has 4 amide bonds. The molecule has 2 aliphatic rings. The van der Waals surface area contributed by atoms with E-state index < -0.39 is 36.0 Å². The highest BCUT2D eigenvalue weighted by molar-refractivity contribution is 6.09. The van der Waals surface area contributed by atoms with Crippen molar-refractivity contribution >= 4 is 23.6 Å². The molecule has 5 rings (SSSR count). The maximum absolute atomic E-state index is 13.4. The molecule has 2 aromatic heterocycles. The molecule has 0 radical (unpaired) electrons. The number of furan rings is 2. The molecule has 1 fully saturated rings. The maximum atomic E-state index is 13.4. The van der Waals surface area contributed by atoms with Crippen molar-refractivity contribution in [2.75, 3.05) is 6.54 Å². The van der Waals surface area contributed by atoms with Gasteiger partial charge in [-0.05, 0) is 48.7 Å². The molecule has 0 spiro atoms. The Morgan fingerprint density at radius 2 is 1.86 bits per heavy atom. The fraction of sp³-hybridized carbons (Fsp3) is 0.308. The van der Waals surface area contributed by atoms with Crippen LogP contribution in [0.25, 0.3) is 0 Å². The molecule has 4 heterocycles. The zero-order chi connectivity index (χ0) is 24.6. The number of carbonyl (C=O) groups excluding carboxylic acids is 3. The van der Waals surface area contributed by atoms with Gasteiger partial charge >= 0.3 is 6.03 Å². The van der Waals surface area contributed by atoms with Gasteiger partial charge in [0.2, 0.25) is 0 Å². The first-order valence-electron chi connectivity index (χ1n) is 11.6. The average Bonchev–Trinajstić information content (AvgIpc) is 3.64. The quantitative estimate of drug-likeness (QED) is 0.521. The predicted molar refractivity (Wildman–Crippen MR) is 126 cm³/mol. The molecular weight excluding hydrogens is 448 g/mol. The lowest BCUT2D eigenvalue weighted by Gasteiger charge is -2.24. The number of aryl methyl sites for hydroxylation is 1. The van der Waals surface area contributed by atoms with Gasteiger partial charge < -0.3 is 14.2 Å². The summed E-state index contributed by atoms with van der Waals surface area (Å²) in [4.78, 5) is 40.5. The number of amides is 4. The normalized spacial score (nSPS) is 22.0. The molecule has 35 heavy (non-hydrogen) atoms. The smallest absolute Gasteiger partial charge is 0.325 e. The van der Waals surface area contributed by atoms with Crippen LogP contribution in [0.2, 0.25) is 0 Å². The van der Waals surface area contributed by atoms with E-state index in [-0.39, 0.29) is 0 Å². The number of rotatable bonds is 7. The summed E-state index contributed by atoms with van der Waals surface area (Å²) in [6.07, 6.45) is 5.40. The Kier molecular flexibility index (Phi) is 5.76. The Labute approximate surface area is 202 Å². The second kappa shape index (κ2) is 8.90. The lowest BCUT2D eigenvalue weighted by atomic mass is 9.91. The third-order valence-electron chi connectivity index (χ3n) is 6.48. The fourth-order valence-corrected chi connectivity index (χ4v) is 4.57. The van der Waals surface area contributed by atoms with E-state index in [2.05, 4.69) is 17.3 Å². The summed E-state index contributed by atoms with van der Waals surface area (Å²) in [6, 6.07) is 13.5. The van der Waals surface area contributed by atoms with Gasteiger partial charge in [-0.3, -0.25) is 14.5 Å². The van der Waals surface area contributed by atoms with Gasteiger partial charge in [-0.25, -0.2) is 9.80 Å². The highest BCUT2D eigenvalue weighted by Crippen LogP contribution is 2.34. The highest BCUT2D eigenvalue weighted by Gasteiger charge is 2.50. The number of hydrazone groups is 1. The molecule has 1 saturated heterocycles. The van der Waals surface area contributed by atoms with Crippen LogP contribution in [0.1, 0.15) is 55.4 Å². The molecule has 0 saturated carbocycles. The zero-order valence-electron chi connectivity index (χ0n) is 19.6. The van der Waals surface area contributed by atoms with E-state index in [4.69, 9.17) is 8.83 Å². The number of benzene rings is 1. The third-order valence-corrected chi connectivity index (χ3v) is 6.48. The van der Waals surface area contributed by atoms with Crippen LogP contribution in [0.5, 0.6) is 0 Å². The van der Waals surface area contributed by atoms with Gasteiger partial charge in [0.1, 0.15) is 35.4 Å². The number of imide groups is 1. The van der Waals surface area contributed by atoms with Crippen molar-refractivity contribution in [2.45, 2.75) is 44.7 Å². The average molecular weight is 475 g/mol. The topological polar surface area (TPSA) is 108 Å². The minimum atomic E-state index is -1.25. The molecular formula is C26H26N4O5. The minimum absolute atomic E-state index is 0.384. The summed E-state index contributed by atoms with van der Waals surface area (Å²) in [7, 11) is 0. The van der Waals surface area contributed by atoms with Crippen molar-refractivity contribution < 1.29 is 23.2 Å². The lowest BCUT2D eigenvalue weighted by molar-refractivity contribution is -0.140. The molecule has 2 aliphatic heterocycles. The largest absolute Gasteiger partial charge is 0.467 e. The van der Waals surface area contributed by atoms with Crippen molar-refractivity contribution in [3.8, 4) is 0 Å². The van der Waals surface area contributed by atoms with E-state index in [1.54, 1.807) is 31.2 Å². The minimum Gasteiger partial charge on any atom is -0.467 e. The molecule has 0 aliphatic carbocycles. The summed E-state index contributed by atoms with van der Waals surface area (Å²) in [5.41, 5.74) is 1.15. The van der Waals surface area contributed by atoms with Gasteiger partial charge in [0.25, 0.3) is 11.8 Å². The summed E-state index contributed by atoms with van der Waals surface area (Å²) in [6.45, 7) is 3.31. The van der Waals surface area contributed by atoms with Crippen LogP contribution >= 0.6 is 0 Å².